The predicted octanol–water partition coefficient (Wildman–Crippen LogP) is 4.76. The smallest absolute Gasteiger partial charge is 0.0273 e. The zero-order chi connectivity index (χ0) is 11.1. The van der Waals surface area contributed by atoms with Gasteiger partial charge < -0.3 is 0 Å². The van der Waals surface area contributed by atoms with E-state index in [0.717, 1.165) is 0 Å². The molecule has 0 spiro atoms. The van der Waals surface area contributed by atoms with Gasteiger partial charge in [-0.2, -0.15) is 0 Å². The van der Waals surface area contributed by atoms with Gasteiger partial charge in [0, 0.05) is 9.75 Å². The van der Waals surface area contributed by atoms with Crippen molar-refractivity contribution in [1.29, 1.82) is 0 Å². The molecule has 78 valence electrons. The lowest BCUT2D eigenvalue weighted by molar-refractivity contribution is 1.64. The fraction of sp³-hybridized carbons (Fsp3) is 0.143. The fourth-order valence-electron chi connectivity index (χ4n) is 1.22. The highest BCUT2D eigenvalue weighted by atomic mass is 32.1. The van der Waals surface area contributed by atoms with Gasteiger partial charge in [-0.15, -0.1) is 11.3 Å². The minimum Gasteiger partial charge on any atom is -0.141 e. The Morgan fingerprint density at radius 1 is 1.33 bits per heavy atom. The van der Waals surface area contributed by atoms with Crippen LogP contribution in [0.1, 0.15) is 16.7 Å². The summed E-state index contributed by atoms with van der Waals surface area (Å²) in [6.45, 7) is 7.83. The van der Waals surface area contributed by atoms with Crippen molar-refractivity contribution in [3.63, 3.8) is 0 Å². The van der Waals surface area contributed by atoms with Gasteiger partial charge in [0.15, 0.2) is 0 Å². The first kappa shape index (κ1) is 11.7. The van der Waals surface area contributed by atoms with Gasteiger partial charge in [0.25, 0.3) is 0 Å². The molecule has 0 radical (unpaired) electrons. The van der Waals surface area contributed by atoms with Crippen LogP contribution in [-0.2, 0) is 0 Å². The molecule has 0 N–H and O–H groups in total. The Bertz CT molecular complexity index is 403. The molecular weight excluding hydrogens is 200 g/mol. The second-order valence-corrected chi connectivity index (χ2v) is 4.50. The van der Waals surface area contributed by atoms with Gasteiger partial charge in [-0.3, -0.25) is 0 Å². The molecule has 1 aromatic heterocycles. The van der Waals surface area contributed by atoms with Crippen LogP contribution >= 0.6 is 11.3 Å². The van der Waals surface area contributed by atoms with E-state index in [4.69, 9.17) is 0 Å². The number of rotatable bonds is 4. The van der Waals surface area contributed by atoms with Crippen molar-refractivity contribution in [2.24, 2.45) is 0 Å². The van der Waals surface area contributed by atoms with E-state index in [-0.39, 0.29) is 0 Å². The third-order valence-corrected chi connectivity index (χ3v) is 2.84. The maximum Gasteiger partial charge on any atom is 0.0273 e. The molecule has 1 heteroatoms. The third kappa shape index (κ3) is 4.13. The maximum atomic E-state index is 3.70. The van der Waals surface area contributed by atoms with Crippen LogP contribution in [0.2, 0.25) is 0 Å². The lowest BCUT2D eigenvalue weighted by Crippen LogP contribution is -1.69. The minimum atomic E-state index is 1.17. The van der Waals surface area contributed by atoms with Crippen molar-refractivity contribution in [2.75, 3.05) is 0 Å². The summed E-state index contributed by atoms with van der Waals surface area (Å²) >= 11 is 1.80. The standard InChI is InChI=1S/C14H16S/c1-4-6-13(7-5-2)9-11-14-10-8-12(3)15-14/h4-11H,1H2,2-3H3/b7-5-,11-9+,13-6+. The Morgan fingerprint density at radius 2 is 2.13 bits per heavy atom. The molecule has 0 aliphatic carbocycles. The van der Waals surface area contributed by atoms with Gasteiger partial charge in [0.05, 0.1) is 0 Å². The lowest BCUT2D eigenvalue weighted by Gasteiger charge is -1.90. The quantitative estimate of drug-likeness (QED) is 0.637. The van der Waals surface area contributed by atoms with Crippen molar-refractivity contribution in [3.8, 4) is 0 Å². The first-order valence-electron chi connectivity index (χ1n) is 4.96. The zero-order valence-electron chi connectivity index (χ0n) is 9.23. The van der Waals surface area contributed by atoms with E-state index in [1.54, 1.807) is 17.4 Å². The maximum absolute atomic E-state index is 3.70. The highest BCUT2D eigenvalue weighted by molar-refractivity contribution is 7.12. The Balaban J connectivity index is 2.78. The molecule has 15 heavy (non-hydrogen) atoms. The predicted molar refractivity (Wildman–Crippen MR) is 71.2 cm³/mol. The fourth-order valence-corrected chi connectivity index (χ4v) is 2.00. The molecular formula is C14H16S. The Labute approximate surface area is 96.0 Å². The molecule has 0 aliphatic heterocycles. The van der Waals surface area contributed by atoms with Crippen LogP contribution in [0.3, 0.4) is 0 Å². The van der Waals surface area contributed by atoms with Crippen LogP contribution in [-0.4, -0.2) is 0 Å². The van der Waals surface area contributed by atoms with E-state index in [2.05, 4.69) is 43.9 Å². The van der Waals surface area contributed by atoms with Crippen LogP contribution in [0.15, 0.2) is 54.7 Å². The van der Waals surface area contributed by atoms with Gasteiger partial charge in [0.2, 0.25) is 0 Å². The Hall–Kier alpha value is -1.34. The summed E-state index contributed by atoms with van der Waals surface area (Å²) in [7, 11) is 0. The number of aryl methyl sites for hydroxylation is 1. The monoisotopic (exact) mass is 216 g/mol. The summed E-state index contributed by atoms with van der Waals surface area (Å²) in [6, 6.07) is 4.27. The van der Waals surface area contributed by atoms with E-state index in [1.165, 1.54) is 15.3 Å². The molecule has 0 amide bonds. The summed E-state index contributed by atoms with van der Waals surface area (Å²) < 4.78 is 0. The van der Waals surface area contributed by atoms with Crippen molar-refractivity contribution >= 4 is 17.4 Å². The number of thiophene rings is 1. The largest absolute Gasteiger partial charge is 0.141 e. The van der Waals surface area contributed by atoms with Crippen molar-refractivity contribution in [2.45, 2.75) is 13.8 Å². The SMILES string of the molecule is C=C/C=C(\C=C/C)/C=C/c1ccc(C)s1. The molecule has 0 unspecified atom stereocenters. The van der Waals surface area contributed by atoms with Crippen LogP contribution in [0.25, 0.3) is 6.08 Å². The molecule has 0 aliphatic rings. The molecule has 0 nitrogen and oxygen atoms in total. The molecule has 0 fully saturated rings. The van der Waals surface area contributed by atoms with Crippen LogP contribution in [0.5, 0.6) is 0 Å². The molecule has 1 heterocycles. The first-order valence-corrected chi connectivity index (χ1v) is 5.78. The van der Waals surface area contributed by atoms with Gasteiger partial charge in [0.1, 0.15) is 0 Å². The third-order valence-electron chi connectivity index (χ3n) is 1.87. The number of hydrogen-bond acceptors (Lipinski definition) is 1. The molecule has 0 bridgehead atoms. The van der Waals surface area contributed by atoms with Gasteiger partial charge in [-0.05, 0) is 37.6 Å². The summed E-state index contributed by atoms with van der Waals surface area (Å²) in [5.74, 6) is 0. The summed E-state index contributed by atoms with van der Waals surface area (Å²) in [5.41, 5.74) is 1.17. The van der Waals surface area contributed by atoms with E-state index >= 15 is 0 Å². The average Bonchev–Trinajstić information content (AvgIpc) is 2.61. The summed E-state index contributed by atoms with van der Waals surface area (Å²) in [5, 5.41) is 0. The van der Waals surface area contributed by atoms with Gasteiger partial charge >= 0.3 is 0 Å². The van der Waals surface area contributed by atoms with E-state index in [9.17, 15) is 0 Å². The van der Waals surface area contributed by atoms with Crippen LogP contribution < -0.4 is 0 Å². The molecule has 1 rings (SSSR count). The Kier molecular flexibility index (Phi) is 4.85. The van der Waals surface area contributed by atoms with E-state index in [1.807, 2.05) is 19.1 Å². The van der Waals surface area contributed by atoms with Crippen LogP contribution in [0, 0.1) is 6.92 Å². The van der Waals surface area contributed by atoms with Gasteiger partial charge in [-0.25, -0.2) is 0 Å². The van der Waals surface area contributed by atoms with Gasteiger partial charge in [-0.1, -0.05) is 37.0 Å². The Morgan fingerprint density at radius 3 is 2.67 bits per heavy atom. The zero-order valence-corrected chi connectivity index (χ0v) is 10.1. The highest BCUT2D eigenvalue weighted by Gasteiger charge is 1.91. The topological polar surface area (TPSA) is 0 Å². The van der Waals surface area contributed by atoms with E-state index in [0.29, 0.717) is 0 Å². The second kappa shape index (κ2) is 6.20. The van der Waals surface area contributed by atoms with Crippen LogP contribution in [0.4, 0.5) is 0 Å². The summed E-state index contributed by atoms with van der Waals surface area (Å²) in [6.07, 6.45) is 12.1. The number of allylic oxidation sites excluding steroid dienone is 6. The second-order valence-electron chi connectivity index (χ2n) is 3.18. The lowest BCUT2D eigenvalue weighted by atomic mass is 10.2. The minimum absolute atomic E-state index is 1.17. The average molecular weight is 216 g/mol. The highest BCUT2D eigenvalue weighted by Crippen LogP contribution is 2.17. The molecule has 0 aromatic carbocycles. The van der Waals surface area contributed by atoms with E-state index < -0.39 is 0 Å². The van der Waals surface area contributed by atoms with Crippen molar-refractivity contribution in [3.05, 3.63) is 64.4 Å². The molecule has 0 atom stereocenters. The molecule has 0 saturated carbocycles. The molecule has 0 saturated heterocycles. The molecule has 1 aromatic rings. The number of hydrogen-bond donors (Lipinski definition) is 0. The van der Waals surface area contributed by atoms with Crippen molar-refractivity contribution < 1.29 is 0 Å². The first-order chi connectivity index (χ1) is 7.26. The summed E-state index contributed by atoms with van der Waals surface area (Å²) in [4.78, 5) is 2.63. The normalized spacial score (nSPS) is 12.8. The van der Waals surface area contributed by atoms with Crippen molar-refractivity contribution in [1.82, 2.24) is 0 Å².